The van der Waals surface area contributed by atoms with Gasteiger partial charge in [-0.05, 0) is 44.7 Å². The zero-order chi connectivity index (χ0) is 15.5. The molecule has 0 radical (unpaired) electrons. The second-order valence-electron chi connectivity index (χ2n) is 5.65. The quantitative estimate of drug-likeness (QED) is 0.723. The molecule has 0 aliphatic heterocycles. The van der Waals surface area contributed by atoms with Crippen LogP contribution in [0.2, 0.25) is 0 Å². The molecule has 1 aromatic carbocycles. The van der Waals surface area contributed by atoms with Crippen molar-refractivity contribution in [1.82, 2.24) is 4.31 Å². The Balaban J connectivity index is 2.20. The Labute approximate surface area is 128 Å². The number of hydrogen-bond donors (Lipinski definition) is 0. The zero-order valence-electron chi connectivity index (χ0n) is 12.7. The van der Waals surface area contributed by atoms with E-state index in [1.54, 1.807) is 18.2 Å². The van der Waals surface area contributed by atoms with Crippen LogP contribution in [0.15, 0.2) is 53.5 Å². The van der Waals surface area contributed by atoms with E-state index in [-0.39, 0.29) is 0 Å². The highest BCUT2D eigenvalue weighted by Gasteiger charge is 2.25. The molecule has 1 saturated carbocycles. The van der Waals surface area contributed by atoms with E-state index in [0.29, 0.717) is 23.9 Å². The fraction of sp³-hybridized carbons (Fsp3) is 0.412. The van der Waals surface area contributed by atoms with E-state index in [4.69, 9.17) is 0 Å². The summed E-state index contributed by atoms with van der Waals surface area (Å²) in [7, 11) is -3.46. The largest absolute Gasteiger partial charge is 0.243 e. The van der Waals surface area contributed by atoms with E-state index in [0.717, 1.165) is 5.56 Å². The van der Waals surface area contributed by atoms with E-state index in [1.165, 1.54) is 22.7 Å². The number of rotatable bonds is 7. The number of benzene rings is 1. The molecule has 114 valence electrons. The predicted octanol–water partition coefficient (Wildman–Crippen LogP) is 3.53. The van der Waals surface area contributed by atoms with Gasteiger partial charge < -0.3 is 0 Å². The monoisotopic (exact) mass is 305 g/mol. The lowest BCUT2D eigenvalue weighted by atomic mass is 10.2. The molecular weight excluding hydrogens is 282 g/mol. The van der Waals surface area contributed by atoms with Crippen LogP contribution in [0.1, 0.15) is 25.3 Å². The van der Waals surface area contributed by atoms with Crippen molar-refractivity contribution in [3.05, 3.63) is 54.1 Å². The molecule has 0 saturated heterocycles. The Morgan fingerprint density at radius 1 is 1.29 bits per heavy atom. The normalized spacial score (nSPS) is 16.2. The van der Waals surface area contributed by atoms with Crippen molar-refractivity contribution < 1.29 is 8.42 Å². The van der Waals surface area contributed by atoms with Gasteiger partial charge in [-0.3, -0.25) is 0 Å². The van der Waals surface area contributed by atoms with Crippen LogP contribution in [0, 0.1) is 12.8 Å². The average Bonchev–Trinajstić information content (AvgIpc) is 3.28. The molecule has 0 aromatic heterocycles. The molecule has 0 bridgehead atoms. The van der Waals surface area contributed by atoms with Gasteiger partial charge in [-0.2, -0.15) is 4.31 Å². The van der Waals surface area contributed by atoms with Gasteiger partial charge >= 0.3 is 0 Å². The number of allylic oxidation sites excluding steroid dienone is 1. The summed E-state index contributed by atoms with van der Waals surface area (Å²) < 4.78 is 26.8. The van der Waals surface area contributed by atoms with E-state index in [2.05, 4.69) is 13.5 Å². The molecule has 0 amide bonds. The van der Waals surface area contributed by atoms with Crippen molar-refractivity contribution in [1.29, 1.82) is 0 Å². The van der Waals surface area contributed by atoms with E-state index in [9.17, 15) is 8.42 Å². The van der Waals surface area contributed by atoms with Crippen LogP contribution >= 0.6 is 0 Å². The summed E-state index contributed by atoms with van der Waals surface area (Å²) in [5.74, 6) is 0.665. The summed E-state index contributed by atoms with van der Waals surface area (Å²) in [6.07, 6.45) is 6.13. The van der Waals surface area contributed by atoms with Gasteiger partial charge in [-0.15, -0.1) is 6.58 Å². The topological polar surface area (TPSA) is 37.4 Å². The maximum Gasteiger partial charge on any atom is 0.243 e. The SMILES string of the molecule is C=CCN(C/C=C(\C)C1CC1)S(=O)(=O)c1ccc(C)cc1. The maximum absolute atomic E-state index is 12.7. The third kappa shape index (κ3) is 4.05. The minimum atomic E-state index is -3.46. The number of aryl methyl sites for hydroxylation is 1. The van der Waals surface area contributed by atoms with Crippen LogP contribution in [0.4, 0.5) is 0 Å². The molecule has 1 aromatic rings. The average molecular weight is 305 g/mol. The zero-order valence-corrected chi connectivity index (χ0v) is 13.6. The summed E-state index contributed by atoms with van der Waals surface area (Å²) in [5.41, 5.74) is 2.34. The third-order valence-electron chi connectivity index (χ3n) is 3.83. The van der Waals surface area contributed by atoms with Crippen molar-refractivity contribution >= 4 is 10.0 Å². The van der Waals surface area contributed by atoms with Crippen LogP contribution in [-0.2, 0) is 10.0 Å². The lowest BCUT2D eigenvalue weighted by molar-refractivity contribution is 0.473. The molecule has 0 heterocycles. The Hall–Kier alpha value is -1.39. The first-order valence-electron chi connectivity index (χ1n) is 7.29. The number of nitrogens with zero attached hydrogens (tertiary/aromatic N) is 1. The highest BCUT2D eigenvalue weighted by Crippen LogP contribution is 2.36. The van der Waals surface area contributed by atoms with Gasteiger partial charge in [0.05, 0.1) is 4.90 Å². The predicted molar refractivity (Wildman–Crippen MR) is 86.6 cm³/mol. The second kappa shape index (κ2) is 6.58. The van der Waals surface area contributed by atoms with Crippen molar-refractivity contribution in [2.45, 2.75) is 31.6 Å². The first-order valence-corrected chi connectivity index (χ1v) is 8.73. The minimum absolute atomic E-state index is 0.324. The lowest BCUT2D eigenvalue weighted by Crippen LogP contribution is -2.31. The fourth-order valence-electron chi connectivity index (χ4n) is 2.23. The van der Waals surface area contributed by atoms with Gasteiger partial charge in [0.25, 0.3) is 0 Å². The van der Waals surface area contributed by atoms with Crippen LogP contribution in [0.5, 0.6) is 0 Å². The van der Waals surface area contributed by atoms with Gasteiger partial charge in [0, 0.05) is 13.1 Å². The Kier molecular flexibility index (Phi) is 5.01. The summed E-state index contributed by atoms with van der Waals surface area (Å²) in [4.78, 5) is 0.340. The lowest BCUT2D eigenvalue weighted by Gasteiger charge is -2.19. The van der Waals surface area contributed by atoms with E-state index >= 15 is 0 Å². The smallest absolute Gasteiger partial charge is 0.207 e. The van der Waals surface area contributed by atoms with Gasteiger partial charge in [0.2, 0.25) is 10.0 Å². The van der Waals surface area contributed by atoms with Crippen molar-refractivity contribution in [2.24, 2.45) is 5.92 Å². The molecule has 1 fully saturated rings. The first-order chi connectivity index (χ1) is 9.95. The Morgan fingerprint density at radius 3 is 2.43 bits per heavy atom. The Bertz CT molecular complexity index is 625. The maximum atomic E-state index is 12.7. The summed E-state index contributed by atoms with van der Waals surface area (Å²) in [6.45, 7) is 8.43. The van der Waals surface area contributed by atoms with Crippen LogP contribution < -0.4 is 0 Å². The van der Waals surface area contributed by atoms with Gasteiger partial charge in [0.1, 0.15) is 0 Å². The highest BCUT2D eigenvalue weighted by molar-refractivity contribution is 7.89. The highest BCUT2D eigenvalue weighted by atomic mass is 32.2. The van der Waals surface area contributed by atoms with E-state index < -0.39 is 10.0 Å². The molecular formula is C17H23NO2S. The van der Waals surface area contributed by atoms with Crippen molar-refractivity contribution in [3.8, 4) is 0 Å². The molecule has 0 spiro atoms. The number of hydrogen-bond acceptors (Lipinski definition) is 2. The minimum Gasteiger partial charge on any atom is -0.207 e. The molecule has 3 nitrogen and oxygen atoms in total. The van der Waals surface area contributed by atoms with Gasteiger partial charge in [0.15, 0.2) is 0 Å². The molecule has 0 unspecified atom stereocenters. The van der Waals surface area contributed by atoms with Crippen LogP contribution in [0.25, 0.3) is 0 Å². The van der Waals surface area contributed by atoms with Gasteiger partial charge in [-0.1, -0.05) is 35.4 Å². The third-order valence-corrected chi connectivity index (χ3v) is 5.68. The standard InChI is InChI=1S/C17H23NO2S/c1-4-12-18(13-11-15(3)16-7-8-16)21(19,20)17-9-5-14(2)6-10-17/h4-6,9-11,16H,1,7-8,12-13H2,2-3H3/b15-11+. The summed E-state index contributed by atoms with van der Waals surface area (Å²) in [6, 6.07) is 6.98. The summed E-state index contributed by atoms with van der Waals surface area (Å²) in [5, 5.41) is 0. The fourth-order valence-corrected chi connectivity index (χ4v) is 3.58. The molecule has 0 atom stereocenters. The van der Waals surface area contributed by atoms with E-state index in [1.807, 2.05) is 25.1 Å². The Morgan fingerprint density at radius 2 is 1.90 bits per heavy atom. The molecule has 1 aliphatic carbocycles. The van der Waals surface area contributed by atoms with Crippen molar-refractivity contribution in [2.75, 3.05) is 13.1 Å². The first kappa shape index (κ1) is 16.0. The second-order valence-corrected chi connectivity index (χ2v) is 7.58. The molecule has 4 heteroatoms. The van der Waals surface area contributed by atoms with Crippen LogP contribution in [0.3, 0.4) is 0 Å². The molecule has 1 aliphatic rings. The van der Waals surface area contributed by atoms with Crippen LogP contribution in [-0.4, -0.2) is 25.8 Å². The summed E-state index contributed by atoms with van der Waals surface area (Å²) >= 11 is 0. The van der Waals surface area contributed by atoms with Gasteiger partial charge in [-0.25, -0.2) is 8.42 Å². The molecule has 2 rings (SSSR count). The van der Waals surface area contributed by atoms with Crippen molar-refractivity contribution in [3.63, 3.8) is 0 Å². The number of sulfonamides is 1. The molecule has 21 heavy (non-hydrogen) atoms. The molecule has 0 N–H and O–H groups in total.